The van der Waals surface area contributed by atoms with Gasteiger partial charge in [0, 0.05) is 11.5 Å². The molecule has 0 radical (unpaired) electrons. The number of halogens is 3. The molecule has 2 fully saturated rings. The Kier molecular flexibility index (Phi) is 3.20. The van der Waals surface area contributed by atoms with Gasteiger partial charge in [0.25, 0.3) is 0 Å². The zero-order chi connectivity index (χ0) is 15.3. The van der Waals surface area contributed by atoms with Crippen LogP contribution in [0.1, 0.15) is 24.4 Å². The quantitative estimate of drug-likeness (QED) is 0.690. The summed E-state index contributed by atoms with van der Waals surface area (Å²) in [7, 11) is 0. The summed E-state index contributed by atoms with van der Waals surface area (Å²) < 4.78 is 39.8. The Morgan fingerprint density at radius 3 is 2.33 bits per heavy atom. The van der Waals surface area contributed by atoms with Crippen LogP contribution in [0.5, 0.6) is 0 Å². The lowest BCUT2D eigenvalue weighted by Gasteiger charge is -2.27. The van der Waals surface area contributed by atoms with Crippen LogP contribution in [-0.4, -0.2) is 23.7 Å². The average Bonchev–Trinajstić information content (AvgIpc) is 3.12. The topological polar surface area (TPSA) is 55.2 Å². The minimum atomic E-state index is -4.38. The minimum Gasteiger partial charge on any atom is -0.304 e. The Morgan fingerprint density at radius 2 is 1.86 bits per heavy atom. The molecule has 0 amide bonds. The van der Waals surface area contributed by atoms with Gasteiger partial charge in [0.15, 0.2) is 0 Å². The predicted octanol–water partition coefficient (Wildman–Crippen LogP) is 2.93. The molecule has 1 saturated heterocycles. The first kappa shape index (κ1) is 14.3. The highest BCUT2D eigenvalue weighted by atomic mass is 19.4. The van der Waals surface area contributed by atoms with Crippen molar-refractivity contribution in [2.75, 3.05) is 6.54 Å². The van der Waals surface area contributed by atoms with Gasteiger partial charge in [-0.3, -0.25) is 10.1 Å². The highest BCUT2D eigenvalue weighted by Crippen LogP contribution is 2.64. The second-order valence-electron chi connectivity index (χ2n) is 5.83. The highest BCUT2D eigenvalue weighted by molar-refractivity contribution is 5.24. The Hall–Kier alpha value is -1.63. The third-order valence-electron chi connectivity index (χ3n) is 4.78. The van der Waals surface area contributed by atoms with Gasteiger partial charge in [-0.05, 0) is 18.4 Å². The van der Waals surface area contributed by atoms with E-state index in [1.807, 2.05) is 0 Å². The van der Waals surface area contributed by atoms with Crippen molar-refractivity contribution in [3.05, 3.63) is 46.0 Å². The van der Waals surface area contributed by atoms with Gasteiger partial charge in [-0.2, -0.15) is 13.2 Å². The van der Waals surface area contributed by atoms with Gasteiger partial charge < -0.3 is 5.32 Å². The number of hydrogen-bond donors (Lipinski definition) is 1. The molecule has 0 spiro atoms. The van der Waals surface area contributed by atoms with Crippen molar-refractivity contribution in [3.8, 4) is 0 Å². The van der Waals surface area contributed by atoms with Gasteiger partial charge >= 0.3 is 6.18 Å². The van der Waals surface area contributed by atoms with Crippen LogP contribution in [0.15, 0.2) is 30.3 Å². The Bertz CT molecular complexity index is 543. The van der Waals surface area contributed by atoms with Crippen molar-refractivity contribution < 1.29 is 18.1 Å². The highest BCUT2D eigenvalue weighted by Gasteiger charge is 2.72. The molecule has 1 saturated carbocycles. The molecule has 114 valence electrons. The number of rotatable bonds is 3. The summed E-state index contributed by atoms with van der Waals surface area (Å²) in [5.74, 6) is -1.00. The molecular formula is C14H15F3N2O2. The molecule has 3 unspecified atom stereocenters. The number of alkyl halides is 3. The standard InChI is InChI=1S/C14H15F3N2O2/c15-14(16,17)13(6-7-13)10-8-18-11(12(10)19(20)21)9-4-2-1-3-5-9/h1-5,10-12,18H,6-8H2. The van der Waals surface area contributed by atoms with Gasteiger partial charge in [-0.1, -0.05) is 30.3 Å². The second kappa shape index (κ2) is 4.69. The molecule has 1 aliphatic heterocycles. The molecule has 21 heavy (non-hydrogen) atoms. The summed E-state index contributed by atoms with van der Waals surface area (Å²) in [5.41, 5.74) is -1.21. The maximum Gasteiger partial charge on any atom is 0.395 e. The van der Waals surface area contributed by atoms with E-state index in [1.165, 1.54) is 0 Å². The monoisotopic (exact) mass is 300 g/mol. The van der Waals surface area contributed by atoms with Crippen molar-refractivity contribution in [2.45, 2.75) is 31.1 Å². The normalized spacial score (nSPS) is 31.1. The lowest BCUT2D eigenvalue weighted by molar-refractivity contribution is -0.536. The van der Waals surface area contributed by atoms with E-state index in [2.05, 4.69) is 5.32 Å². The molecule has 2 aliphatic rings. The first-order valence-electron chi connectivity index (χ1n) is 6.85. The molecule has 0 bridgehead atoms. The summed E-state index contributed by atoms with van der Waals surface area (Å²) in [6.07, 6.45) is -4.39. The number of hydrogen-bond acceptors (Lipinski definition) is 3. The zero-order valence-electron chi connectivity index (χ0n) is 11.1. The lowest BCUT2D eigenvalue weighted by atomic mass is 9.81. The fourth-order valence-electron chi connectivity index (χ4n) is 3.49. The van der Waals surface area contributed by atoms with E-state index in [9.17, 15) is 23.3 Å². The fourth-order valence-corrected chi connectivity index (χ4v) is 3.49. The van der Waals surface area contributed by atoms with E-state index < -0.39 is 34.5 Å². The molecule has 7 heteroatoms. The Balaban J connectivity index is 1.93. The molecule has 0 aromatic heterocycles. The first-order chi connectivity index (χ1) is 9.87. The third kappa shape index (κ3) is 2.19. The van der Waals surface area contributed by atoms with E-state index in [-0.39, 0.29) is 19.4 Å². The van der Waals surface area contributed by atoms with Crippen LogP contribution in [0.4, 0.5) is 13.2 Å². The third-order valence-corrected chi connectivity index (χ3v) is 4.78. The SMILES string of the molecule is O=[N+]([O-])C1C(c2ccccc2)NCC1C1(C(F)(F)F)CC1. The number of benzene rings is 1. The van der Waals surface area contributed by atoms with Crippen LogP contribution in [0.2, 0.25) is 0 Å². The van der Waals surface area contributed by atoms with Gasteiger partial charge in [0.2, 0.25) is 6.04 Å². The maximum absolute atomic E-state index is 13.3. The molecule has 3 rings (SSSR count). The molecule has 1 heterocycles. The van der Waals surface area contributed by atoms with E-state index in [0.29, 0.717) is 5.56 Å². The minimum absolute atomic E-state index is 0.00526. The van der Waals surface area contributed by atoms with E-state index >= 15 is 0 Å². The van der Waals surface area contributed by atoms with Gasteiger partial charge in [0.1, 0.15) is 6.04 Å². The second-order valence-corrected chi connectivity index (χ2v) is 5.83. The fraction of sp³-hybridized carbons (Fsp3) is 0.571. The van der Waals surface area contributed by atoms with E-state index in [1.54, 1.807) is 30.3 Å². The molecular weight excluding hydrogens is 285 g/mol. The van der Waals surface area contributed by atoms with Gasteiger partial charge in [0.05, 0.1) is 11.3 Å². The van der Waals surface area contributed by atoms with Crippen LogP contribution in [0.3, 0.4) is 0 Å². The Labute approximate surface area is 119 Å². The summed E-state index contributed by atoms with van der Waals surface area (Å²) >= 11 is 0. The maximum atomic E-state index is 13.3. The summed E-state index contributed by atoms with van der Waals surface area (Å²) in [4.78, 5) is 10.8. The molecule has 1 aromatic rings. The Morgan fingerprint density at radius 1 is 1.24 bits per heavy atom. The van der Waals surface area contributed by atoms with Gasteiger partial charge in [-0.25, -0.2) is 0 Å². The summed E-state index contributed by atoms with van der Waals surface area (Å²) in [6, 6.07) is 6.76. The smallest absolute Gasteiger partial charge is 0.304 e. The molecule has 4 nitrogen and oxygen atoms in total. The molecule has 3 atom stereocenters. The van der Waals surface area contributed by atoms with Crippen molar-refractivity contribution in [2.24, 2.45) is 11.3 Å². The molecule has 1 aromatic carbocycles. The van der Waals surface area contributed by atoms with Crippen molar-refractivity contribution >= 4 is 0 Å². The summed E-state index contributed by atoms with van der Waals surface area (Å²) in [6.45, 7) is 0.0325. The first-order valence-corrected chi connectivity index (χ1v) is 6.85. The molecule has 1 N–H and O–H groups in total. The van der Waals surface area contributed by atoms with Crippen LogP contribution in [0, 0.1) is 21.4 Å². The zero-order valence-corrected chi connectivity index (χ0v) is 11.1. The average molecular weight is 300 g/mol. The number of nitrogens with one attached hydrogen (secondary N) is 1. The number of nitrogens with zero attached hydrogens (tertiary/aromatic N) is 1. The van der Waals surface area contributed by atoms with Crippen LogP contribution < -0.4 is 5.32 Å². The van der Waals surface area contributed by atoms with E-state index in [4.69, 9.17) is 0 Å². The van der Waals surface area contributed by atoms with Crippen LogP contribution >= 0.6 is 0 Å². The number of nitro groups is 1. The van der Waals surface area contributed by atoms with Crippen molar-refractivity contribution in [1.82, 2.24) is 5.32 Å². The van der Waals surface area contributed by atoms with Gasteiger partial charge in [-0.15, -0.1) is 0 Å². The van der Waals surface area contributed by atoms with Crippen molar-refractivity contribution in [3.63, 3.8) is 0 Å². The van der Waals surface area contributed by atoms with Crippen molar-refractivity contribution in [1.29, 1.82) is 0 Å². The molecule has 1 aliphatic carbocycles. The lowest BCUT2D eigenvalue weighted by Crippen LogP contribution is -2.42. The summed E-state index contributed by atoms with van der Waals surface area (Å²) in [5, 5.41) is 14.3. The van der Waals surface area contributed by atoms with Crippen LogP contribution in [0.25, 0.3) is 0 Å². The largest absolute Gasteiger partial charge is 0.395 e. The van der Waals surface area contributed by atoms with Crippen LogP contribution in [-0.2, 0) is 0 Å². The van der Waals surface area contributed by atoms with E-state index in [0.717, 1.165) is 0 Å². The predicted molar refractivity (Wildman–Crippen MR) is 69.2 cm³/mol.